The van der Waals surface area contributed by atoms with Gasteiger partial charge in [0.15, 0.2) is 0 Å². The lowest BCUT2D eigenvalue weighted by molar-refractivity contribution is -0.144. The number of piperidine rings is 1. The first-order chi connectivity index (χ1) is 31.9. The summed E-state index contributed by atoms with van der Waals surface area (Å²) < 4.78 is 5.38. The predicted octanol–water partition coefficient (Wildman–Crippen LogP) is 17.9. The lowest BCUT2D eigenvalue weighted by Crippen LogP contribution is -2.40. The van der Waals surface area contributed by atoms with Gasteiger partial charge in [0.1, 0.15) is 0 Å². The molecule has 1 amide bonds. The Morgan fingerprint density at radius 3 is 1.20 bits per heavy atom. The van der Waals surface area contributed by atoms with Gasteiger partial charge in [0.2, 0.25) is 5.91 Å². The molecule has 1 aliphatic rings. The van der Waals surface area contributed by atoms with Crippen molar-refractivity contribution in [1.82, 2.24) is 14.7 Å². The van der Waals surface area contributed by atoms with Crippen molar-refractivity contribution in [2.24, 2.45) is 5.92 Å². The Balaban J connectivity index is 0. The highest BCUT2D eigenvalue weighted by atomic mass is 16.5. The van der Waals surface area contributed by atoms with Crippen LogP contribution in [-0.2, 0) is 14.3 Å². The van der Waals surface area contributed by atoms with E-state index in [0.29, 0.717) is 31.3 Å². The van der Waals surface area contributed by atoms with Crippen LogP contribution in [-0.4, -0.2) is 85.5 Å². The average molecular weight is 921 g/mol. The number of ether oxygens (including phenoxy) is 1. The second kappa shape index (κ2) is 55.5. The molecule has 0 bridgehead atoms. The van der Waals surface area contributed by atoms with Crippen molar-refractivity contribution in [3.8, 4) is 0 Å². The summed E-state index contributed by atoms with van der Waals surface area (Å²) in [6.07, 6.45) is 50.9. The average Bonchev–Trinajstić information content (AvgIpc) is 3.32. The van der Waals surface area contributed by atoms with Gasteiger partial charge < -0.3 is 19.4 Å². The van der Waals surface area contributed by atoms with E-state index in [1.807, 2.05) is 6.92 Å². The summed E-state index contributed by atoms with van der Waals surface area (Å²) in [6.45, 7) is 27.5. The topological polar surface area (TPSA) is 53.1 Å². The molecule has 6 heteroatoms. The molecule has 65 heavy (non-hydrogen) atoms. The van der Waals surface area contributed by atoms with Crippen LogP contribution in [0.3, 0.4) is 0 Å². The zero-order chi connectivity index (χ0) is 48.1. The summed E-state index contributed by atoms with van der Waals surface area (Å²) in [6, 6.07) is 0. The van der Waals surface area contributed by atoms with Crippen LogP contribution in [0.15, 0.2) is 0 Å². The quantitative estimate of drug-likeness (QED) is 0.0450. The van der Waals surface area contributed by atoms with Crippen molar-refractivity contribution < 1.29 is 14.3 Å². The van der Waals surface area contributed by atoms with Gasteiger partial charge in [0.25, 0.3) is 0 Å². The Labute approximate surface area is 410 Å². The Morgan fingerprint density at radius 2 is 0.800 bits per heavy atom. The molecule has 0 aromatic carbocycles. The van der Waals surface area contributed by atoms with Gasteiger partial charge in [-0.3, -0.25) is 9.59 Å². The monoisotopic (exact) mass is 920 g/mol. The highest BCUT2D eigenvalue weighted by Gasteiger charge is 2.23. The van der Waals surface area contributed by atoms with Crippen LogP contribution >= 0.6 is 0 Å². The molecule has 0 N–H and O–H groups in total. The fourth-order valence-electron chi connectivity index (χ4n) is 9.24. The van der Waals surface area contributed by atoms with Gasteiger partial charge in [-0.2, -0.15) is 0 Å². The highest BCUT2D eigenvalue weighted by Crippen LogP contribution is 2.21. The lowest BCUT2D eigenvalue weighted by atomic mass is 9.94. The van der Waals surface area contributed by atoms with E-state index in [2.05, 4.69) is 63.2 Å². The van der Waals surface area contributed by atoms with Crippen LogP contribution in [0.1, 0.15) is 306 Å². The summed E-state index contributed by atoms with van der Waals surface area (Å²) in [7, 11) is 0. The second-order valence-electron chi connectivity index (χ2n) is 20.2. The van der Waals surface area contributed by atoms with Crippen LogP contribution in [0.4, 0.5) is 0 Å². The minimum Gasteiger partial charge on any atom is -0.466 e. The number of nitrogens with zero attached hydrogens (tertiary/aromatic N) is 3. The van der Waals surface area contributed by atoms with E-state index in [9.17, 15) is 9.59 Å². The molecule has 6 nitrogen and oxygen atoms in total. The van der Waals surface area contributed by atoms with Crippen molar-refractivity contribution in [2.75, 3.05) is 59.0 Å². The molecule has 0 radical (unpaired) electrons. The maximum Gasteiger partial charge on any atom is 0.305 e. The standard InChI is InChI=1S/C28H54N2O3.C21H45N.C10H22/c1-4-7-9-10-11-12-13-20-29(21-16-18-28(32)33-24-14-8-5-2)23-19-26-17-15-22-30(25-26)27(31)6-3;1-4-7-9-11-13-15-17-20-22(19-6-3)21-18-16-14-12-10-8-5-2;1-3-5-7-9-10-8-6-4-2/h26H,4-25H2,1-3H3;4-21H2,1-3H3;3-10H2,1-2H3. The van der Waals surface area contributed by atoms with Crippen molar-refractivity contribution in [2.45, 2.75) is 306 Å². The van der Waals surface area contributed by atoms with Gasteiger partial charge in [-0.1, -0.05) is 235 Å². The third kappa shape index (κ3) is 49.1. The van der Waals surface area contributed by atoms with Gasteiger partial charge in [-0.15, -0.1) is 0 Å². The second-order valence-corrected chi connectivity index (χ2v) is 20.2. The van der Waals surface area contributed by atoms with Crippen LogP contribution in [0.2, 0.25) is 0 Å². The molecule has 390 valence electrons. The van der Waals surface area contributed by atoms with E-state index in [1.165, 1.54) is 219 Å². The van der Waals surface area contributed by atoms with Gasteiger partial charge >= 0.3 is 5.97 Å². The van der Waals surface area contributed by atoms with E-state index in [0.717, 1.165) is 71.2 Å². The van der Waals surface area contributed by atoms with Crippen molar-refractivity contribution in [3.63, 3.8) is 0 Å². The first kappa shape index (κ1) is 65.9. The Kier molecular flexibility index (Phi) is 56.3. The molecule has 0 spiro atoms. The van der Waals surface area contributed by atoms with Gasteiger partial charge in [-0.25, -0.2) is 0 Å². The summed E-state index contributed by atoms with van der Waals surface area (Å²) in [4.78, 5) is 31.5. The third-order valence-electron chi connectivity index (χ3n) is 13.6. The van der Waals surface area contributed by atoms with Gasteiger partial charge in [-0.05, 0) is 103 Å². The summed E-state index contributed by atoms with van der Waals surface area (Å²) in [5.74, 6) is 0.884. The molecule has 1 heterocycles. The Hall–Kier alpha value is -1.14. The molecule has 1 unspecified atom stereocenters. The molecule has 1 atom stereocenters. The summed E-state index contributed by atoms with van der Waals surface area (Å²) in [5, 5.41) is 0. The first-order valence-corrected chi connectivity index (χ1v) is 29.7. The fraction of sp³-hybridized carbons (Fsp3) is 0.966. The van der Waals surface area contributed by atoms with Crippen LogP contribution in [0.25, 0.3) is 0 Å². The smallest absolute Gasteiger partial charge is 0.305 e. The maximum absolute atomic E-state index is 12.1. The molecule has 1 fully saturated rings. The van der Waals surface area contributed by atoms with Gasteiger partial charge in [0, 0.05) is 25.9 Å². The Morgan fingerprint density at radius 1 is 0.431 bits per heavy atom. The van der Waals surface area contributed by atoms with E-state index in [1.54, 1.807) is 0 Å². The van der Waals surface area contributed by atoms with Crippen molar-refractivity contribution in [1.29, 1.82) is 0 Å². The molecule has 0 aromatic heterocycles. The third-order valence-corrected chi connectivity index (χ3v) is 13.6. The van der Waals surface area contributed by atoms with Crippen molar-refractivity contribution in [3.05, 3.63) is 0 Å². The highest BCUT2D eigenvalue weighted by molar-refractivity contribution is 5.75. The summed E-state index contributed by atoms with van der Waals surface area (Å²) >= 11 is 0. The summed E-state index contributed by atoms with van der Waals surface area (Å²) in [5.41, 5.74) is 0. The van der Waals surface area contributed by atoms with E-state index < -0.39 is 0 Å². The number of esters is 1. The normalized spacial score (nSPS) is 13.8. The van der Waals surface area contributed by atoms with Crippen LogP contribution < -0.4 is 0 Å². The molecule has 0 aromatic rings. The van der Waals surface area contributed by atoms with Crippen LogP contribution in [0.5, 0.6) is 0 Å². The molecular weight excluding hydrogens is 799 g/mol. The zero-order valence-corrected chi connectivity index (χ0v) is 46.1. The number of hydrogen-bond donors (Lipinski definition) is 0. The molecule has 0 saturated carbocycles. The number of carbonyl (C=O) groups is 2. The predicted molar refractivity (Wildman–Crippen MR) is 289 cm³/mol. The first-order valence-electron chi connectivity index (χ1n) is 29.7. The van der Waals surface area contributed by atoms with E-state index in [-0.39, 0.29) is 5.97 Å². The molecule has 1 rings (SSSR count). The maximum atomic E-state index is 12.1. The fourth-order valence-corrected chi connectivity index (χ4v) is 9.24. The minimum atomic E-state index is -0.0389. The number of likely N-dealkylation sites (tertiary alicyclic amines) is 1. The largest absolute Gasteiger partial charge is 0.466 e. The molecular formula is C59H121N3O3. The van der Waals surface area contributed by atoms with Gasteiger partial charge in [0.05, 0.1) is 6.61 Å². The minimum absolute atomic E-state index is 0.0389. The molecule has 1 saturated heterocycles. The van der Waals surface area contributed by atoms with E-state index in [4.69, 9.17) is 4.74 Å². The number of carbonyl (C=O) groups excluding carboxylic acids is 2. The number of hydrogen-bond acceptors (Lipinski definition) is 5. The Bertz CT molecular complexity index is 905. The number of rotatable bonds is 45. The molecule has 0 aliphatic carbocycles. The lowest BCUT2D eigenvalue weighted by Gasteiger charge is -2.34. The number of unbranched alkanes of at least 4 members (excludes halogenated alkanes) is 27. The number of amides is 1. The van der Waals surface area contributed by atoms with Crippen molar-refractivity contribution >= 4 is 11.9 Å². The molecule has 1 aliphatic heterocycles. The van der Waals surface area contributed by atoms with E-state index >= 15 is 0 Å². The zero-order valence-electron chi connectivity index (χ0n) is 46.1. The SMILES string of the molecule is CCCCCCCCCC.CCCCCCCCCN(CCC)CCCCCCCCC.CCCCCCCCCN(CCCC(=O)OCCCCC)CCC1CCCN(C(=O)CC)C1. The van der Waals surface area contributed by atoms with Crippen LogP contribution in [0, 0.1) is 5.92 Å².